The summed E-state index contributed by atoms with van der Waals surface area (Å²) in [6.07, 6.45) is 63.4. The van der Waals surface area contributed by atoms with Gasteiger partial charge in [0.1, 0.15) is 0 Å². The van der Waals surface area contributed by atoms with Gasteiger partial charge in [-0.3, -0.25) is 14.4 Å². The Morgan fingerprint density at radius 2 is 0.609 bits per heavy atom. The molecule has 0 aromatic rings. The van der Waals surface area contributed by atoms with E-state index in [1.807, 2.05) is 0 Å². The molecule has 0 saturated carbocycles. The SMILES string of the molecule is CCCCC/C=C\C/C=C\CCCCCCCC(=O)OC(C)C(C)(OC(=O)CCCCCCC/C=C\C/C=C\CCCCC)OC(=O)CCCCCCC/C=C\C/C=C\CCCCC. The molecule has 0 fully saturated rings. The van der Waals surface area contributed by atoms with E-state index in [1.165, 1.54) is 77.0 Å². The van der Waals surface area contributed by atoms with Crippen molar-refractivity contribution in [3.05, 3.63) is 72.9 Å². The second-order valence-corrected chi connectivity index (χ2v) is 18.0. The fourth-order valence-corrected chi connectivity index (χ4v) is 7.35. The van der Waals surface area contributed by atoms with Crippen molar-refractivity contribution in [1.29, 1.82) is 0 Å². The van der Waals surface area contributed by atoms with Crippen LogP contribution >= 0.6 is 0 Å². The number of carbonyl (C=O) groups is 3. The third-order valence-corrected chi connectivity index (χ3v) is 11.7. The molecule has 0 saturated heterocycles. The molecule has 6 nitrogen and oxygen atoms in total. The maximum atomic E-state index is 13.1. The Morgan fingerprint density at radius 3 is 0.906 bits per heavy atom. The highest BCUT2D eigenvalue weighted by molar-refractivity contribution is 5.73. The summed E-state index contributed by atoms with van der Waals surface area (Å²) in [6.45, 7) is 9.93. The van der Waals surface area contributed by atoms with Gasteiger partial charge >= 0.3 is 17.9 Å². The third-order valence-electron chi connectivity index (χ3n) is 11.7. The number of esters is 3. The van der Waals surface area contributed by atoms with Crippen LogP contribution < -0.4 is 0 Å². The molecule has 368 valence electrons. The number of hydrogen-bond acceptors (Lipinski definition) is 6. The monoisotopic (exact) mass is 893 g/mol. The zero-order valence-electron chi connectivity index (χ0n) is 42.4. The van der Waals surface area contributed by atoms with Crippen molar-refractivity contribution in [2.75, 3.05) is 0 Å². The van der Waals surface area contributed by atoms with Gasteiger partial charge in [0.25, 0.3) is 5.79 Å². The molecule has 0 aromatic heterocycles. The zero-order valence-corrected chi connectivity index (χ0v) is 42.4. The van der Waals surface area contributed by atoms with Crippen molar-refractivity contribution in [1.82, 2.24) is 0 Å². The van der Waals surface area contributed by atoms with E-state index in [0.29, 0.717) is 12.8 Å². The normalized spacial score (nSPS) is 12.9. The number of unbranched alkanes of at least 4 members (excludes halogenated alkanes) is 24. The van der Waals surface area contributed by atoms with Crippen LogP contribution in [0, 0.1) is 0 Å². The molecule has 0 aromatic carbocycles. The van der Waals surface area contributed by atoms with Crippen LogP contribution in [-0.4, -0.2) is 29.8 Å². The second-order valence-electron chi connectivity index (χ2n) is 18.0. The fourth-order valence-electron chi connectivity index (χ4n) is 7.35. The number of carbonyl (C=O) groups excluding carboxylic acids is 3. The summed E-state index contributed by atoms with van der Waals surface area (Å²) in [5.74, 6) is -2.92. The predicted molar refractivity (Wildman–Crippen MR) is 274 cm³/mol. The van der Waals surface area contributed by atoms with E-state index in [9.17, 15) is 14.4 Å². The molecule has 6 heteroatoms. The van der Waals surface area contributed by atoms with Gasteiger partial charge < -0.3 is 14.2 Å². The van der Waals surface area contributed by atoms with Gasteiger partial charge in [0.2, 0.25) is 0 Å². The number of rotatable bonds is 46. The highest BCUT2D eigenvalue weighted by Gasteiger charge is 2.42. The standard InChI is InChI=1S/C58H100O6/c1-6-9-12-15-18-21-24-27-30-33-36-39-42-45-48-51-55(59)62-54(4)58(5,63-56(60)52-49-46-43-40-37-34-31-28-25-22-19-16-13-10-7-2)64-57(61)53-50-47-44-41-38-35-32-29-26-23-20-17-14-11-8-3/h18-23,27-32,54H,6-17,24-26,33-53H2,1-5H3/b21-18-,22-19-,23-20-,30-27-,31-28-,32-29-. The Kier molecular flexibility index (Phi) is 45.4. The first-order chi connectivity index (χ1) is 31.3. The Hall–Kier alpha value is -3.15. The highest BCUT2D eigenvalue weighted by atomic mass is 16.8. The summed E-state index contributed by atoms with van der Waals surface area (Å²) >= 11 is 0. The second kappa shape index (κ2) is 47.8. The first-order valence-corrected chi connectivity index (χ1v) is 26.8. The van der Waals surface area contributed by atoms with Gasteiger partial charge in [-0.05, 0) is 122 Å². The van der Waals surface area contributed by atoms with Crippen molar-refractivity contribution in [2.45, 2.75) is 278 Å². The van der Waals surface area contributed by atoms with E-state index in [4.69, 9.17) is 14.2 Å². The molecule has 0 aliphatic carbocycles. The van der Waals surface area contributed by atoms with Crippen LogP contribution in [0.2, 0.25) is 0 Å². The molecule has 0 radical (unpaired) electrons. The van der Waals surface area contributed by atoms with E-state index < -0.39 is 23.8 Å². The van der Waals surface area contributed by atoms with Gasteiger partial charge in [-0.25, -0.2) is 0 Å². The van der Waals surface area contributed by atoms with Crippen LogP contribution in [0.25, 0.3) is 0 Å². The largest absolute Gasteiger partial charge is 0.454 e. The smallest absolute Gasteiger partial charge is 0.309 e. The molecule has 0 aliphatic rings. The molecule has 1 atom stereocenters. The molecule has 64 heavy (non-hydrogen) atoms. The van der Waals surface area contributed by atoms with Gasteiger partial charge in [0.05, 0.1) is 0 Å². The summed E-state index contributed by atoms with van der Waals surface area (Å²) in [5.41, 5.74) is 0. The molecular formula is C58H100O6. The molecule has 0 amide bonds. The van der Waals surface area contributed by atoms with Gasteiger partial charge in [-0.1, -0.05) is 190 Å². The van der Waals surface area contributed by atoms with Gasteiger partial charge in [0.15, 0.2) is 6.10 Å². The minimum absolute atomic E-state index is 0.231. The van der Waals surface area contributed by atoms with Crippen LogP contribution in [0.3, 0.4) is 0 Å². The van der Waals surface area contributed by atoms with Crippen molar-refractivity contribution in [3.63, 3.8) is 0 Å². The Balaban J connectivity index is 4.73. The van der Waals surface area contributed by atoms with Crippen molar-refractivity contribution in [3.8, 4) is 0 Å². The minimum Gasteiger partial charge on any atom is -0.454 e. The predicted octanol–water partition coefficient (Wildman–Crippen LogP) is 18.2. The van der Waals surface area contributed by atoms with Gasteiger partial charge in [-0.2, -0.15) is 0 Å². The van der Waals surface area contributed by atoms with Crippen LogP contribution in [0.4, 0.5) is 0 Å². The quantitative estimate of drug-likeness (QED) is 0.0262. The van der Waals surface area contributed by atoms with E-state index in [-0.39, 0.29) is 25.2 Å². The number of allylic oxidation sites excluding steroid dienone is 12. The lowest BCUT2D eigenvalue weighted by Crippen LogP contribution is -2.48. The Morgan fingerprint density at radius 1 is 0.359 bits per heavy atom. The summed E-state index contributed by atoms with van der Waals surface area (Å²) in [4.78, 5) is 39.2. The lowest BCUT2D eigenvalue weighted by atomic mass is 10.1. The molecule has 0 bridgehead atoms. The van der Waals surface area contributed by atoms with Crippen molar-refractivity contribution < 1.29 is 28.6 Å². The minimum atomic E-state index is -1.68. The molecule has 1 unspecified atom stereocenters. The van der Waals surface area contributed by atoms with Crippen molar-refractivity contribution in [2.24, 2.45) is 0 Å². The maximum absolute atomic E-state index is 13.1. The summed E-state index contributed by atoms with van der Waals surface area (Å²) < 4.78 is 17.5. The first kappa shape index (κ1) is 60.9. The Bertz CT molecular complexity index is 1200. The molecular weight excluding hydrogens is 793 g/mol. The van der Waals surface area contributed by atoms with Gasteiger partial charge in [-0.15, -0.1) is 0 Å². The molecule has 0 aliphatic heterocycles. The van der Waals surface area contributed by atoms with Crippen LogP contribution in [0.1, 0.15) is 266 Å². The van der Waals surface area contributed by atoms with Crippen LogP contribution in [0.15, 0.2) is 72.9 Å². The topological polar surface area (TPSA) is 78.9 Å². The van der Waals surface area contributed by atoms with E-state index in [2.05, 4.69) is 93.7 Å². The van der Waals surface area contributed by atoms with Crippen LogP contribution in [-0.2, 0) is 28.6 Å². The average Bonchev–Trinajstić information content (AvgIpc) is 3.27. The van der Waals surface area contributed by atoms with E-state index in [0.717, 1.165) is 122 Å². The van der Waals surface area contributed by atoms with Crippen molar-refractivity contribution >= 4 is 17.9 Å². The maximum Gasteiger partial charge on any atom is 0.309 e. The summed E-state index contributed by atoms with van der Waals surface area (Å²) in [7, 11) is 0. The Labute approximate surface area is 395 Å². The molecule has 0 spiro atoms. The number of hydrogen-bond donors (Lipinski definition) is 0. The van der Waals surface area contributed by atoms with Gasteiger partial charge in [0, 0.05) is 26.2 Å². The molecule has 0 rings (SSSR count). The first-order valence-electron chi connectivity index (χ1n) is 26.8. The lowest BCUT2D eigenvalue weighted by molar-refractivity contribution is -0.256. The van der Waals surface area contributed by atoms with Crippen LogP contribution in [0.5, 0.6) is 0 Å². The fraction of sp³-hybridized carbons (Fsp3) is 0.741. The third kappa shape index (κ3) is 42.8. The summed E-state index contributed by atoms with van der Waals surface area (Å²) in [5, 5.41) is 0. The molecule has 0 N–H and O–H groups in total. The van der Waals surface area contributed by atoms with E-state index >= 15 is 0 Å². The highest BCUT2D eigenvalue weighted by Crippen LogP contribution is 2.25. The number of ether oxygens (including phenoxy) is 3. The van der Waals surface area contributed by atoms with E-state index in [1.54, 1.807) is 13.8 Å². The molecule has 0 heterocycles. The zero-order chi connectivity index (χ0) is 46.9. The summed E-state index contributed by atoms with van der Waals surface area (Å²) in [6, 6.07) is 0. The average molecular weight is 893 g/mol. The lowest BCUT2D eigenvalue weighted by Gasteiger charge is -2.34.